The lowest BCUT2D eigenvalue weighted by Crippen LogP contribution is -2.36. The zero-order chi connectivity index (χ0) is 31.7. The lowest BCUT2D eigenvalue weighted by molar-refractivity contribution is -0.377. The van der Waals surface area contributed by atoms with Gasteiger partial charge in [-0.2, -0.15) is 8.78 Å². The number of nitrogens with zero attached hydrogens (tertiary/aromatic N) is 1. The Balaban J connectivity index is 0.00000417. The van der Waals surface area contributed by atoms with Crippen LogP contribution in [0.2, 0.25) is 10.0 Å². The summed E-state index contributed by atoms with van der Waals surface area (Å²) < 4.78 is 48.4. The first-order chi connectivity index (χ1) is 21.7. The molecule has 2 saturated carbocycles. The monoisotopic (exact) mass is 678 g/mol. The molecule has 2 heterocycles. The molecule has 46 heavy (non-hydrogen) atoms. The van der Waals surface area contributed by atoms with E-state index in [1.165, 1.54) is 36.7 Å². The first kappa shape index (κ1) is 33.4. The van der Waals surface area contributed by atoms with E-state index in [2.05, 4.69) is 9.72 Å². The molecule has 2 N–H and O–H groups in total. The third kappa shape index (κ3) is 7.68. The van der Waals surface area contributed by atoms with E-state index >= 15 is 0 Å². The molecular weight excluding hydrogens is 649 g/mol. The lowest BCUT2D eigenvalue weighted by Gasteiger charge is -2.22. The molecule has 2 fully saturated rings. The summed E-state index contributed by atoms with van der Waals surface area (Å²) in [6.45, 7) is -3.00. The zero-order valence-corrected chi connectivity index (χ0v) is 25.9. The number of fused-ring (bicyclic) bond motifs is 1. The van der Waals surface area contributed by atoms with Crippen LogP contribution in [0.3, 0.4) is 0 Å². The van der Waals surface area contributed by atoms with Crippen molar-refractivity contribution in [2.24, 2.45) is 11.8 Å². The second-order valence-electron chi connectivity index (χ2n) is 11.3. The first-order valence-electron chi connectivity index (χ1n) is 14.5. The molecule has 6 rings (SSSR count). The quantitative estimate of drug-likeness (QED) is 0.151. The van der Waals surface area contributed by atoms with Crippen LogP contribution < -0.4 is 19.2 Å². The molecular formula is C32H30Cl2F2N2O8. The van der Waals surface area contributed by atoms with Crippen molar-refractivity contribution in [2.45, 2.75) is 44.8 Å². The van der Waals surface area contributed by atoms with Gasteiger partial charge in [-0.25, -0.2) is 4.98 Å². The van der Waals surface area contributed by atoms with Crippen LogP contribution in [0.25, 0.3) is 0 Å². The van der Waals surface area contributed by atoms with Crippen LogP contribution >= 0.6 is 23.2 Å². The Labute approximate surface area is 272 Å². The topological polar surface area (TPSA) is 136 Å². The number of benzene rings is 2. The molecule has 0 saturated heterocycles. The van der Waals surface area contributed by atoms with Gasteiger partial charge in [0.15, 0.2) is 23.9 Å². The first-order valence-corrected chi connectivity index (χ1v) is 15.3. The van der Waals surface area contributed by atoms with Crippen LogP contribution in [0.4, 0.5) is 8.78 Å². The van der Waals surface area contributed by atoms with Gasteiger partial charge in [-0.1, -0.05) is 35.3 Å². The number of aromatic nitrogens is 1. The van der Waals surface area contributed by atoms with Crippen molar-refractivity contribution in [3.63, 3.8) is 0 Å². The molecule has 2 amide bonds. The van der Waals surface area contributed by atoms with E-state index in [0.717, 1.165) is 30.6 Å². The molecule has 0 bridgehead atoms. The van der Waals surface area contributed by atoms with E-state index < -0.39 is 37.0 Å². The van der Waals surface area contributed by atoms with Crippen molar-refractivity contribution >= 4 is 41.0 Å². The third-order valence-corrected chi connectivity index (χ3v) is 8.48. The number of imide groups is 1. The Bertz CT molecular complexity index is 1610. The van der Waals surface area contributed by atoms with E-state index in [4.69, 9.17) is 37.4 Å². The molecule has 0 radical (unpaired) electrons. The fourth-order valence-electron chi connectivity index (χ4n) is 4.99. The highest BCUT2D eigenvalue weighted by atomic mass is 35.5. The second-order valence-corrected chi connectivity index (χ2v) is 12.1. The summed E-state index contributed by atoms with van der Waals surface area (Å²) in [6, 6.07) is 8.98. The summed E-state index contributed by atoms with van der Waals surface area (Å²) >= 11 is 12.8. The lowest BCUT2D eigenvalue weighted by atomic mass is 10.0. The van der Waals surface area contributed by atoms with Crippen LogP contribution in [-0.4, -0.2) is 54.5 Å². The van der Waals surface area contributed by atoms with Gasteiger partial charge < -0.3 is 24.4 Å². The number of esters is 1. The van der Waals surface area contributed by atoms with Gasteiger partial charge in [-0.05, 0) is 67.3 Å². The maximum Gasteiger partial charge on any atom is 0.387 e. The molecule has 10 nitrogen and oxygen atoms in total. The van der Waals surface area contributed by atoms with Gasteiger partial charge in [0.2, 0.25) is 0 Å². The van der Waals surface area contributed by atoms with Gasteiger partial charge in [-0.3, -0.25) is 19.3 Å². The highest BCUT2D eigenvalue weighted by molar-refractivity contribution is 6.35. The maximum absolute atomic E-state index is 13.4. The number of alkyl halides is 2. The number of rotatable bonds is 14. The SMILES string of the molecule is O=C(CN1C(=O)c2cccc(OCC3CC3)c2C1=O)O[C@@H](Cc1c(Cl)c[nH+]cc1Cl)c1ccc(OC(F)F)c(OCC2CC2)c1.[OH-]. The summed E-state index contributed by atoms with van der Waals surface area (Å²) in [5, 5.41) is 0.538. The molecule has 2 aliphatic carbocycles. The van der Waals surface area contributed by atoms with Crippen LogP contribution in [-0.2, 0) is 16.0 Å². The maximum atomic E-state index is 13.4. The molecule has 0 unspecified atom stereocenters. The van der Waals surface area contributed by atoms with Crippen molar-refractivity contribution in [3.8, 4) is 17.2 Å². The average Bonchev–Trinajstić information content (AvgIpc) is 3.94. The van der Waals surface area contributed by atoms with Gasteiger partial charge in [0.05, 0.1) is 24.3 Å². The van der Waals surface area contributed by atoms with Gasteiger partial charge in [0, 0.05) is 12.0 Å². The number of carbonyl (C=O) groups excluding carboxylic acids is 3. The Hall–Kier alpha value is -4.00. The second kappa shape index (κ2) is 14.2. The molecule has 1 atom stereocenters. The van der Waals surface area contributed by atoms with Gasteiger partial charge >= 0.3 is 12.6 Å². The number of hydrogen-bond acceptors (Lipinski definition) is 8. The smallest absolute Gasteiger partial charge is 0.387 e. The van der Waals surface area contributed by atoms with Gasteiger partial charge in [0.25, 0.3) is 11.8 Å². The number of amides is 2. The zero-order valence-electron chi connectivity index (χ0n) is 24.3. The number of hydrogen-bond donors (Lipinski definition) is 0. The Morgan fingerprint density at radius 3 is 2.20 bits per heavy atom. The highest BCUT2D eigenvalue weighted by Crippen LogP contribution is 2.38. The van der Waals surface area contributed by atoms with Gasteiger partial charge in [-0.15, -0.1) is 0 Å². The average molecular weight is 680 g/mol. The van der Waals surface area contributed by atoms with Crippen molar-refractivity contribution in [2.75, 3.05) is 19.8 Å². The Kier molecular flexibility index (Phi) is 10.3. The van der Waals surface area contributed by atoms with Crippen molar-refractivity contribution in [1.29, 1.82) is 0 Å². The molecule has 1 aliphatic heterocycles. The Morgan fingerprint density at radius 1 is 0.913 bits per heavy atom. The van der Waals surface area contributed by atoms with Crippen LogP contribution in [0.15, 0.2) is 48.8 Å². The summed E-state index contributed by atoms with van der Waals surface area (Å²) in [5.41, 5.74) is 1.07. The van der Waals surface area contributed by atoms with E-state index in [1.54, 1.807) is 12.1 Å². The van der Waals surface area contributed by atoms with Crippen molar-refractivity contribution in [3.05, 3.63) is 81.1 Å². The number of aromatic amines is 1. The number of pyridine rings is 1. The van der Waals surface area contributed by atoms with Crippen LogP contribution in [0, 0.1) is 11.8 Å². The predicted molar refractivity (Wildman–Crippen MR) is 159 cm³/mol. The molecule has 0 spiro atoms. The predicted octanol–water partition coefficient (Wildman–Crippen LogP) is 5.93. The number of nitrogens with one attached hydrogen (secondary N) is 1. The molecule has 1 aromatic heterocycles. The summed E-state index contributed by atoms with van der Waals surface area (Å²) in [5.74, 6) is -1.28. The van der Waals surface area contributed by atoms with Crippen molar-refractivity contribution < 1.29 is 52.6 Å². The number of H-pyrrole nitrogens is 1. The number of halogens is 4. The molecule has 3 aromatic rings. The van der Waals surface area contributed by atoms with E-state index in [1.807, 2.05) is 0 Å². The molecule has 2 aromatic carbocycles. The molecule has 244 valence electrons. The van der Waals surface area contributed by atoms with E-state index in [9.17, 15) is 23.2 Å². The van der Waals surface area contributed by atoms with Crippen LogP contribution in [0.1, 0.15) is 63.6 Å². The summed E-state index contributed by atoms with van der Waals surface area (Å²) in [4.78, 5) is 43.6. The highest BCUT2D eigenvalue weighted by Gasteiger charge is 2.40. The minimum atomic E-state index is -3.08. The summed E-state index contributed by atoms with van der Waals surface area (Å²) in [6.07, 6.45) is 5.98. The standard InChI is InChI=1S/C32H28Cl2F2N2O7.H2O/c33-22-12-37-13-23(34)21(22)11-26(19-8-9-24(45-32(35)36)27(10-19)43-16-18-6-7-18)44-28(39)14-38-30(40)20-2-1-3-25(29(20)31(38)41)42-15-17-4-5-17;/h1-3,8-10,12-13,17-18,26,32H,4-7,11,14-16H2;1H2/t26-;/m0./s1. The normalized spacial score (nSPS) is 16.2. The number of ether oxygens (including phenoxy) is 4. The fourth-order valence-corrected chi connectivity index (χ4v) is 5.52. The van der Waals surface area contributed by atoms with Gasteiger partial charge in [0.1, 0.15) is 28.4 Å². The molecule has 3 aliphatic rings. The van der Waals surface area contributed by atoms with E-state index in [0.29, 0.717) is 41.9 Å². The van der Waals surface area contributed by atoms with E-state index in [-0.39, 0.29) is 44.6 Å². The largest absolute Gasteiger partial charge is 0.870 e. The Morgan fingerprint density at radius 2 is 1.57 bits per heavy atom. The van der Waals surface area contributed by atoms with Crippen molar-refractivity contribution in [1.82, 2.24) is 4.90 Å². The number of carbonyl (C=O) groups is 3. The third-order valence-electron chi connectivity index (χ3n) is 7.81. The minimum absolute atomic E-state index is 0. The molecule has 14 heteroatoms. The minimum Gasteiger partial charge on any atom is -0.870 e. The summed E-state index contributed by atoms with van der Waals surface area (Å²) in [7, 11) is 0. The fraction of sp³-hybridized carbons (Fsp3) is 0.375. The van der Waals surface area contributed by atoms with Crippen LogP contribution in [0.5, 0.6) is 17.2 Å².